The molecule has 1 amide bonds. The summed E-state index contributed by atoms with van der Waals surface area (Å²) in [5.41, 5.74) is 1.71. The van der Waals surface area contributed by atoms with Gasteiger partial charge < -0.3 is 9.84 Å². The van der Waals surface area contributed by atoms with E-state index in [9.17, 15) is 9.90 Å². The monoisotopic (exact) mass is 391 g/mol. The molecule has 0 fully saturated rings. The van der Waals surface area contributed by atoms with Crippen LogP contribution in [0.3, 0.4) is 0 Å². The molecule has 2 aromatic carbocycles. The highest BCUT2D eigenvalue weighted by molar-refractivity contribution is 5.71. The Kier molecular flexibility index (Phi) is 8.06. The first-order chi connectivity index (χ1) is 13.8. The van der Waals surface area contributed by atoms with E-state index >= 15 is 0 Å². The molecule has 0 saturated heterocycles. The number of ether oxygens (including phenoxy) is 1. The summed E-state index contributed by atoms with van der Waals surface area (Å²) in [6, 6.07) is 19.4. The summed E-state index contributed by atoms with van der Waals surface area (Å²) in [7, 11) is 0. The van der Waals surface area contributed by atoms with E-state index < -0.39 is 11.7 Å². The normalized spacial score (nSPS) is 13.6. The third kappa shape index (κ3) is 7.85. The van der Waals surface area contributed by atoms with Gasteiger partial charge in [-0.3, -0.25) is 5.32 Å². The van der Waals surface area contributed by atoms with Crippen molar-refractivity contribution in [1.29, 1.82) is 0 Å². The molecule has 0 bridgehead atoms. The molecule has 0 heterocycles. The molecule has 0 spiro atoms. The van der Waals surface area contributed by atoms with Gasteiger partial charge in [-0.25, -0.2) is 4.79 Å². The molecule has 2 rings (SSSR count). The van der Waals surface area contributed by atoms with E-state index in [0.29, 0.717) is 5.70 Å². The second-order valence-corrected chi connectivity index (χ2v) is 7.92. The van der Waals surface area contributed by atoms with Crippen LogP contribution in [0, 0.1) is 17.8 Å². The van der Waals surface area contributed by atoms with Gasteiger partial charge >= 0.3 is 6.09 Å². The molecule has 0 aliphatic rings. The largest absolute Gasteiger partial charge is 0.444 e. The predicted molar refractivity (Wildman–Crippen MR) is 116 cm³/mol. The average molecular weight is 392 g/mol. The predicted octanol–water partition coefficient (Wildman–Crippen LogP) is 4.86. The van der Waals surface area contributed by atoms with Crippen LogP contribution in [-0.2, 0) is 4.74 Å². The first-order valence-electron chi connectivity index (χ1n) is 9.73. The minimum Gasteiger partial charge on any atom is -0.444 e. The summed E-state index contributed by atoms with van der Waals surface area (Å²) >= 11 is 0. The third-order valence-electron chi connectivity index (χ3n) is 4.18. The molecular weight excluding hydrogens is 362 g/mol. The SMILES string of the molecule is C[C@@H](CO)[C@H](/C=C(/C#Cc1ccccc1)NC(=O)OC(C)(C)C)c1ccccc1. The molecule has 0 radical (unpaired) electrons. The van der Waals surface area contributed by atoms with Gasteiger partial charge in [0, 0.05) is 18.1 Å². The Morgan fingerprint density at radius 1 is 1.10 bits per heavy atom. The second-order valence-electron chi connectivity index (χ2n) is 7.92. The number of benzene rings is 2. The molecule has 0 aromatic heterocycles. The Morgan fingerprint density at radius 2 is 1.69 bits per heavy atom. The minimum atomic E-state index is -0.612. The van der Waals surface area contributed by atoms with E-state index in [0.717, 1.165) is 11.1 Å². The topological polar surface area (TPSA) is 58.6 Å². The molecule has 29 heavy (non-hydrogen) atoms. The maximum Gasteiger partial charge on any atom is 0.412 e. The van der Waals surface area contributed by atoms with Crippen LogP contribution in [0.5, 0.6) is 0 Å². The number of aliphatic hydroxyl groups is 1. The lowest BCUT2D eigenvalue weighted by molar-refractivity contribution is 0.0548. The summed E-state index contributed by atoms with van der Waals surface area (Å²) in [4.78, 5) is 12.3. The van der Waals surface area contributed by atoms with Crippen LogP contribution in [0.1, 0.15) is 44.7 Å². The smallest absolute Gasteiger partial charge is 0.412 e. The Balaban J connectivity index is 2.40. The van der Waals surface area contributed by atoms with Crippen LogP contribution in [0.25, 0.3) is 0 Å². The summed E-state index contributed by atoms with van der Waals surface area (Å²) in [5.74, 6) is 5.96. The van der Waals surface area contributed by atoms with Crippen molar-refractivity contribution < 1.29 is 14.6 Å². The van der Waals surface area contributed by atoms with Crippen molar-refractivity contribution in [2.24, 2.45) is 5.92 Å². The molecule has 4 nitrogen and oxygen atoms in total. The molecule has 2 atom stereocenters. The average Bonchev–Trinajstić information content (AvgIpc) is 2.69. The van der Waals surface area contributed by atoms with E-state index in [2.05, 4.69) is 17.2 Å². The molecular formula is C25H29NO3. The zero-order valence-electron chi connectivity index (χ0n) is 17.5. The van der Waals surface area contributed by atoms with Gasteiger partial charge in [0.15, 0.2) is 0 Å². The minimum absolute atomic E-state index is 0.0158. The highest BCUT2D eigenvalue weighted by Gasteiger charge is 2.20. The zero-order valence-corrected chi connectivity index (χ0v) is 17.5. The molecule has 152 valence electrons. The van der Waals surface area contributed by atoms with Crippen LogP contribution in [-0.4, -0.2) is 23.4 Å². The molecule has 2 N–H and O–H groups in total. The molecule has 0 aliphatic carbocycles. The van der Waals surface area contributed by atoms with Gasteiger partial charge in [0.25, 0.3) is 0 Å². The first kappa shape index (κ1) is 22.3. The number of hydrogen-bond donors (Lipinski definition) is 2. The number of carbonyl (C=O) groups excluding carboxylic acids is 1. The lowest BCUT2D eigenvalue weighted by Crippen LogP contribution is -2.32. The van der Waals surface area contributed by atoms with Crippen molar-refractivity contribution in [2.45, 2.75) is 39.2 Å². The van der Waals surface area contributed by atoms with Crippen molar-refractivity contribution in [3.63, 3.8) is 0 Å². The van der Waals surface area contributed by atoms with Crippen LogP contribution in [0.15, 0.2) is 72.4 Å². The first-order valence-corrected chi connectivity index (χ1v) is 9.73. The number of allylic oxidation sites excluding steroid dienone is 2. The number of hydrogen-bond acceptors (Lipinski definition) is 3. The van der Waals surface area contributed by atoms with Crippen molar-refractivity contribution in [1.82, 2.24) is 5.32 Å². The highest BCUT2D eigenvalue weighted by atomic mass is 16.6. The molecule has 0 aliphatic heterocycles. The van der Waals surface area contributed by atoms with E-state index in [1.165, 1.54) is 0 Å². The van der Waals surface area contributed by atoms with Crippen LogP contribution >= 0.6 is 0 Å². The van der Waals surface area contributed by atoms with Gasteiger partial charge in [-0.15, -0.1) is 0 Å². The van der Waals surface area contributed by atoms with Crippen LogP contribution < -0.4 is 5.32 Å². The number of rotatable bonds is 5. The van der Waals surface area contributed by atoms with Crippen molar-refractivity contribution in [3.8, 4) is 11.8 Å². The molecule has 4 heteroatoms. The third-order valence-corrected chi connectivity index (χ3v) is 4.18. The highest BCUT2D eigenvalue weighted by Crippen LogP contribution is 2.26. The number of aliphatic hydroxyl groups excluding tert-OH is 1. The summed E-state index contributed by atoms with van der Waals surface area (Å²) < 4.78 is 5.39. The van der Waals surface area contributed by atoms with Crippen LogP contribution in [0.4, 0.5) is 4.79 Å². The molecule has 0 unspecified atom stereocenters. The maximum atomic E-state index is 12.3. The van der Waals surface area contributed by atoms with E-state index in [1.54, 1.807) is 0 Å². The lowest BCUT2D eigenvalue weighted by Gasteiger charge is -2.22. The maximum absolute atomic E-state index is 12.3. The summed E-state index contributed by atoms with van der Waals surface area (Å²) in [6.45, 7) is 7.41. The number of nitrogens with one attached hydrogen (secondary N) is 1. The Bertz CT molecular complexity index is 871. The fourth-order valence-electron chi connectivity index (χ4n) is 2.75. The van der Waals surface area contributed by atoms with Gasteiger partial charge in [-0.2, -0.15) is 0 Å². The van der Waals surface area contributed by atoms with Crippen molar-refractivity contribution in [3.05, 3.63) is 83.6 Å². The van der Waals surface area contributed by atoms with Gasteiger partial charge in [0.2, 0.25) is 0 Å². The fourth-order valence-corrected chi connectivity index (χ4v) is 2.75. The lowest BCUT2D eigenvalue weighted by atomic mass is 9.87. The van der Waals surface area contributed by atoms with Gasteiger partial charge in [-0.05, 0) is 56.4 Å². The molecule has 0 saturated carbocycles. The number of alkyl carbamates (subject to hydrolysis) is 1. The van der Waals surface area contributed by atoms with Gasteiger partial charge in [0.1, 0.15) is 5.60 Å². The quantitative estimate of drug-likeness (QED) is 0.716. The second kappa shape index (κ2) is 10.5. The number of carbonyl (C=O) groups is 1. The van der Waals surface area contributed by atoms with Gasteiger partial charge in [-0.1, -0.05) is 61.4 Å². The number of amides is 1. The fraction of sp³-hybridized carbons (Fsp3) is 0.320. The van der Waals surface area contributed by atoms with E-state index in [-0.39, 0.29) is 18.4 Å². The Morgan fingerprint density at radius 3 is 2.24 bits per heavy atom. The standard InChI is InChI=1S/C25H29NO3/c1-19(18-27)23(21-13-9-6-10-14-21)17-22(26-24(28)29-25(2,3)4)16-15-20-11-7-5-8-12-20/h5-14,17,19,23,27H,18H2,1-4H3,(H,26,28)/b22-17-/t19-,23-/m0/s1. The van der Waals surface area contributed by atoms with Gasteiger partial charge in [0.05, 0.1) is 5.70 Å². The van der Waals surface area contributed by atoms with Crippen molar-refractivity contribution >= 4 is 6.09 Å². The summed E-state index contributed by atoms with van der Waals surface area (Å²) in [6.07, 6.45) is 1.32. The zero-order chi connectivity index (χ0) is 21.3. The van der Waals surface area contributed by atoms with E-state index in [1.807, 2.05) is 94.4 Å². The van der Waals surface area contributed by atoms with Crippen LogP contribution in [0.2, 0.25) is 0 Å². The van der Waals surface area contributed by atoms with Crippen molar-refractivity contribution in [2.75, 3.05) is 6.61 Å². The summed E-state index contributed by atoms with van der Waals surface area (Å²) in [5, 5.41) is 12.5. The Hall–Kier alpha value is -3.03. The Labute approximate surface area is 173 Å². The van der Waals surface area contributed by atoms with E-state index in [4.69, 9.17) is 4.74 Å². The molecule has 2 aromatic rings.